The van der Waals surface area contributed by atoms with E-state index in [4.69, 9.17) is 0 Å². The van der Waals surface area contributed by atoms with Crippen LogP contribution in [0.5, 0.6) is 5.75 Å². The highest BCUT2D eigenvalue weighted by atomic mass is 16.3. The molecule has 0 atom stereocenters. The molecule has 0 aliphatic carbocycles. The van der Waals surface area contributed by atoms with E-state index >= 15 is 0 Å². The second-order valence-corrected chi connectivity index (χ2v) is 3.32. The smallest absolute Gasteiger partial charge is 0.172 e. The minimum atomic E-state index is 0.155. The lowest BCUT2D eigenvalue weighted by Gasteiger charge is -2.04. The van der Waals surface area contributed by atoms with Gasteiger partial charge in [-0.1, -0.05) is 18.2 Å². The van der Waals surface area contributed by atoms with Gasteiger partial charge in [-0.25, -0.2) is 4.68 Å². The van der Waals surface area contributed by atoms with E-state index in [1.807, 2.05) is 6.92 Å². The number of aromatic hydroxyl groups is 1. The quantitative estimate of drug-likeness (QED) is 0.788. The highest BCUT2D eigenvalue weighted by molar-refractivity contribution is 5.73. The lowest BCUT2D eigenvalue weighted by molar-refractivity contribution is 0.111. The molecule has 0 fully saturated rings. The molecule has 5 nitrogen and oxygen atoms in total. The van der Waals surface area contributed by atoms with Crippen LogP contribution >= 0.6 is 0 Å². The van der Waals surface area contributed by atoms with Gasteiger partial charge in [0, 0.05) is 6.07 Å². The van der Waals surface area contributed by atoms with Crippen LogP contribution in [-0.2, 0) is 6.42 Å². The maximum absolute atomic E-state index is 10.7. The molecular weight excluding hydrogens is 206 g/mol. The largest absolute Gasteiger partial charge is 0.508 e. The molecule has 82 valence electrons. The molecule has 5 heteroatoms. The van der Waals surface area contributed by atoms with Crippen molar-refractivity contribution in [3.8, 4) is 11.4 Å². The average Bonchev–Trinajstić information content (AvgIpc) is 2.71. The predicted molar refractivity (Wildman–Crippen MR) is 57.8 cm³/mol. The predicted octanol–water partition coefficient (Wildman–Crippen LogP) is 1.35. The third-order valence-electron chi connectivity index (χ3n) is 2.31. The average molecular weight is 217 g/mol. The highest BCUT2D eigenvalue weighted by Gasteiger charge is 2.11. The second kappa shape index (κ2) is 4.14. The number of aromatic nitrogens is 3. The first-order valence-corrected chi connectivity index (χ1v) is 4.95. The summed E-state index contributed by atoms with van der Waals surface area (Å²) >= 11 is 0. The lowest BCUT2D eigenvalue weighted by atomic mass is 10.2. The zero-order valence-electron chi connectivity index (χ0n) is 8.79. The van der Waals surface area contributed by atoms with Gasteiger partial charge in [-0.2, -0.15) is 0 Å². The van der Waals surface area contributed by atoms with Gasteiger partial charge < -0.3 is 5.11 Å². The molecule has 1 heterocycles. The van der Waals surface area contributed by atoms with E-state index in [9.17, 15) is 9.90 Å². The van der Waals surface area contributed by atoms with E-state index < -0.39 is 0 Å². The Hall–Kier alpha value is -2.17. The number of carbonyl (C=O) groups is 1. The number of benzene rings is 1. The van der Waals surface area contributed by atoms with Crippen molar-refractivity contribution >= 4 is 6.29 Å². The number of hydrogen-bond acceptors (Lipinski definition) is 4. The second-order valence-electron chi connectivity index (χ2n) is 3.32. The van der Waals surface area contributed by atoms with Crippen molar-refractivity contribution in [3.63, 3.8) is 0 Å². The van der Waals surface area contributed by atoms with Crippen LogP contribution in [0.4, 0.5) is 0 Å². The number of phenolic OH excluding ortho intramolecular Hbond substituents is 1. The molecular formula is C11H11N3O2. The van der Waals surface area contributed by atoms with Gasteiger partial charge in [0.1, 0.15) is 11.4 Å². The third kappa shape index (κ3) is 1.67. The molecule has 0 saturated heterocycles. The summed E-state index contributed by atoms with van der Waals surface area (Å²) in [4.78, 5) is 10.7. The van der Waals surface area contributed by atoms with Crippen LogP contribution in [0.1, 0.15) is 23.1 Å². The Labute approximate surface area is 92.3 Å². The summed E-state index contributed by atoms with van der Waals surface area (Å²) in [5, 5.41) is 17.0. The summed E-state index contributed by atoms with van der Waals surface area (Å²) in [6.07, 6.45) is 1.34. The molecule has 1 aromatic heterocycles. The Kier molecular flexibility index (Phi) is 2.68. The zero-order chi connectivity index (χ0) is 11.5. The fourth-order valence-electron chi connectivity index (χ4n) is 1.57. The topological polar surface area (TPSA) is 68.0 Å². The minimum absolute atomic E-state index is 0.155. The fourth-order valence-corrected chi connectivity index (χ4v) is 1.57. The molecule has 2 rings (SSSR count). The number of phenols is 1. The van der Waals surface area contributed by atoms with Crippen LogP contribution in [0.3, 0.4) is 0 Å². The van der Waals surface area contributed by atoms with Crippen molar-refractivity contribution in [1.29, 1.82) is 0 Å². The summed E-state index contributed by atoms with van der Waals surface area (Å²) < 4.78 is 1.56. The number of hydrogen-bond donors (Lipinski definition) is 1. The summed E-state index contributed by atoms with van der Waals surface area (Å²) in [5.41, 5.74) is 1.77. The van der Waals surface area contributed by atoms with Gasteiger partial charge in [-0.05, 0) is 18.6 Å². The molecule has 2 aromatic rings. The van der Waals surface area contributed by atoms with Crippen molar-refractivity contribution < 1.29 is 9.90 Å². The molecule has 0 radical (unpaired) electrons. The van der Waals surface area contributed by atoms with Gasteiger partial charge in [-0.15, -0.1) is 5.10 Å². The van der Waals surface area contributed by atoms with Gasteiger partial charge in [0.25, 0.3) is 0 Å². The first-order chi connectivity index (χ1) is 7.76. The van der Waals surface area contributed by atoms with Crippen molar-refractivity contribution in [2.24, 2.45) is 0 Å². The monoisotopic (exact) mass is 217 g/mol. The van der Waals surface area contributed by atoms with Crippen LogP contribution in [-0.4, -0.2) is 26.4 Å². The Bertz CT molecular complexity index is 520. The fraction of sp³-hybridized carbons (Fsp3) is 0.182. The standard InChI is InChI=1S/C11H11N3O2/c1-2-11-10(7-15)12-13-14(11)8-4-3-5-9(16)6-8/h3-7,16H,2H2,1H3. The molecule has 0 saturated carbocycles. The SMILES string of the molecule is CCc1c(C=O)nnn1-c1cccc(O)c1. The van der Waals surface area contributed by atoms with E-state index in [-0.39, 0.29) is 5.75 Å². The van der Waals surface area contributed by atoms with E-state index in [1.54, 1.807) is 28.9 Å². The number of rotatable bonds is 3. The number of aldehydes is 1. The van der Waals surface area contributed by atoms with Gasteiger partial charge in [0.05, 0.1) is 11.4 Å². The van der Waals surface area contributed by atoms with Gasteiger partial charge >= 0.3 is 0 Å². The van der Waals surface area contributed by atoms with Crippen LogP contribution in [0.25, 0.3) is 5.69 Å². The molecule has 0 aliphatic heterocycles. The maximum atomic E-state index is 10.7. The highest BCUT2D eigenvalue weighted by Crippen LogP contribution is 2.17. The lowest BCUT2D eigenvalue weighted by Crippen LogP contribution is -2.02. The summed E-state index contributed by atoms with van der Waals surface area (Å²) in [7, 11) is 0. The molecule has 0 bridgehead atoms. The molecule has 0 spiro atoms. The first kappa shape index (κ1) is 10.4. The summed E-state index contributed by atoms with van der Waals surface area (Å²) in [6.45, 7) is 1.92. The zero-order valence-corrected chi connectivity index (χ0v) is 8.79. The molecule has 16 heavy (non-hydrogen) atoms. The third-order valence-corrected chi connectivity index (χ3v) is 2.31. The van der Waals surface area contributed by atoms with Gasteiger partial charge in [-0.3, -0.25) is 4.79 Å². The number of carbonyl (C=O) groups excluding carboxylic acids is 1. The Balaban J connectivity index is 2.55. The van der Waals surface area contributed by atoms with Crippen molar-refractivity contribution in [2.45, 2.75) is 13.3 Å². The maximum Gasteiger partial charge on any atom is 0.172 e. The first-order valence-electron chi connectivity index (χ1n) is 4.95. The molecule has 1 N–H and O–H groups in total. The molecule has 0 amide bonds. The Morgan fingerprint density at radius 1 is 1.50 bits per heavy atom. The minimum Gasteiger partial charge on any atom is -0.508 e. The van der Waals surface area contributed by atoms with Crippen molar-refractivity contribution in [1.82, 2.24) is 15.0 Å². The van der Waals surface area contributed by atoms with E-state index in [1.165, 1.54) is 0 Å². The van der Waals surface area contributed by atoms with Crippen molar-refractivity contribution in [2.75, 3.05) is 0 Å². The molecule has 1 aromatic carbocycles. The van der Waals surface area contributed by atoms with E-state index in [0.717, 1.165) is 5.69 Å². The molecule has 0 unspecified atom stereocenters. The molecule has 0 aliphatic rings. The van der Waals surface area contributed by atoms with Crippen LogP contribution in [0.15, 0.2) is 24.3 Å². The van der Waals surface area contributed by atoms with Crippen molar-refractivity contribution in [3.05, 3.63) is 35.7 Å². The Morgan fingerprint density at radius 3 is 2.94 bits per heavy atom. The van der Waals surface area contributed by atoms with E-state index in [0.29, 0.717) is 24.1 Å². The normalized spacial score (nSPS) is 10.3. The van der Waals surface area contributed by atoms with Crippen LogP contribution in [0, 0.1) is 0 Å². The number of nitrogens with zero attached hydrogens (tertiary/aromatic N) is 3. The van der Waals surface area contributed by atoms with Crippen LogP contribution < -0.4 is 0 Å². The Morgan fingerprint density at radius 2 is 2.31 bits per heavy atom. The van der Waals surface area contributed by atoms with Gasteiger partial charge in [0.15, 0.2) is 6.29 Å². The summed E-state index contributed by atoms with van der Waals surface area (Å²) in [6, 6.07) is 6.66. The summed E-state index contributed by atoms with van der Waals surface area (Å²) in [5.74, 6) is 0.155. The van der Waals surface area contributed by atoms with E-state index in [2.05, 4.69) is 10.3 Å². The van der Waals surface area contributed by atoms with Crippen LogP contribution in [0.2, 0.25) is 0 Å². The van der Waals surface area contributed by atoms with Gasteiger partial charge in [0.2, 0.25) is 0 Å².